The topological polar surface area (TPSA) is 59.4 Å². The van der Waals surface area contributed by atoms with E-state index in [1.54, 1.807) is 6.26 Å². The van der Waals surface area contributed by atoms with Crippen molar-refractivity contribution in [1.29, 1.82) is 0 Å². The standard InChI is InChI=1S/C13H17NO2/c1-13(14,7-4-8-15)11-9-16-12-6-3-2-5-10(11)12/h2-3,5-6,9,15H,4,7-8,14H2,1H3. The van der Waals surface area contributed by atoms with Gasteiger partial charge >= 0.3 is 0 Å². The van der Waals surface area contributed by atoms with E-state index in [4.69, 9.17) is 15.3 Å². The van der Waals surface area contributed by atoms with Crippen molar-refractivity contribution in [2.75, 3.05) is 6.61 Å². The van der Waals surface area contributed by atoms with Crippen LogP contribution >= 0.6 is 0 Å². The molecule has 3 heteroatoms. The highest BCUT2D eigenvalue weighted by Crippen LogP contribution is 2.31. The number of para-hydroxylation sites is 1. The molecule has 0 aliphatic rings. The monoisotopic (exact) mass is 219 g/mol. The van der Waals surface area contributed by atoms with E-state index < -0.39 is 5.54 Å². The Kier molecular flexibility index (Phi) is 2.99. The average Bonchev–Trinajstić information content (AvgIpc) is 2.71. The summed E-state index contributed by atoms with van der Waals surface area (Å²) in [6.07, 6.45) is 3.17. The minimum atomic E-state index is -0.449. The van der Waals surface area contributed by atoms with Crippen molar-refractivity contribution in [2.45, 2.75) is 25.3 Å². The Bertz CT molecular complexity index is 473. The molecule has 0 aliphatic carbocycles. The summed E-state index contributed by atoms with van der Waals surface area (Å²) in [4.78, 5) is 0. The third-order valence-electron chi connectivity index (χ3n) is 2.95. The summed E-state index contributed by atoms with van der Waals surface area (Å²) >= 11 is 0. The maximum Gasteiger partial charge on any atom is 0.134 e. The van der Waals surface area contributed by atoms with Gasteiger partial charge in [-0.2, -0.15) is 0 Å². The molecule has 1 unspecified atom stereocenters. The second-order valence-corrected chi connectivity index (χ2v) is 4.39. The van der Waals surface area contributed by atoms with Crippen molar-refractivity contribution in [3.63, 3.8) is 0 Å². The molecule has 2 aromatic rings. The Morgan fingerprint density at radius 1 is 1.38 bits per heavy atom. The molecule has 86 valence electrons. The lowest BCUT2D eigenvalue weighted by Crippen LogP contribution is -2.32. The first kappa shape index (κ1) is 11.2. The van der Waals surface area contributed by atoms with E-state index in [0.29, 0.717) is 6.42 Å². The molecule has 1 aromatic heterocycles. The Balaban J connectivity index is 2.38. The second-order valence-electron chi connectivity index (χ2n) is 4.39. The number of rotatable bonds is 4. The van der Waals surface area contributed by atoms with E-state index in [2.05, 4.69) is 0 Å². The molecular weight excluding hydrogens is 202 g/mol. The number of aliphatic hydroxyl groups is 1. The minimum absolute atomic E-state index is 0.169. The molecule has 0 bridgehead atoms. The van der Waals surface area contributed by atoms with E-state index in [9.17, 15) is 0 Å². The van der Waals surface area contributed by atoms with Gasteiger partial charge in [-0.15, -0.1) is 0 Å². The summed E-state index contributed by atoms with van der Waals surface area (Å²) in [5.74, 6) is 0. The third-order valence-corrected chi connectivity index (χ3v) is 2.95. The van der Waals surface area contributed by atoms with Crippen LogP contribution in [0.15, 0.2) is 34.9 Å². The zero-order valence-electron chi connectivity index (χ0n) is 9.44. The number of furan rings is 1. The van der Waals surface area contributed by atoms with Crippen LogP contribution in [0.25, 0.3) is 11.0 Å². The zero-order valence-corrected chi connectivity index (χ0v) is 9.44. The summed E-state index contributed by atoms with van der Waals surface area (Å²) in [5.41, 5.74) is 7.68. The van der Waals surface area contributed by atoms with Gasteiger partial charge in [0.2, 0.25) is 0 Å². The number of aliphatic hydroxyl groups excluding tert-OH is 1. The van der Waals surface area contributed by atoms with Gasteiger partial charge in [-0.05, 0) is 25.8 Å². The lowest BCUT2D eigenvalue weighted by Gasteiger charge is -2.23. The molecule has 0 aliphatic heterocycles. The molecule has 0 amide bonds. The van der Waals surface area contributed by atoms with E-state index in [-0.39, 0.29) is 6.61 Å². The third kappa shape index (κ3) is 1.96. The maximum absolute atomic E-state index is 8.86. The molecule has 3 nitrogen and oxygen atoms in total. The molecule has 3 N–H and O–H groups in total. The SMILES string of the molecule is CC(N)(CCCO)c1coc2ccccc12. The summed E-state index contributed by atoms with van der Waals surface area (Å²) in [6.45, 7) is 2.14. The summed E-state index contributed by atoms with van der Waals surface area (Å²) in [5, 5.41) is 9.92. The highest BCUT2D eigenvalue weighted by molar-refractivity contribution is 5.81. The lowest BCUT2D eigenvalue weighted by molar-refractivity contribution is 0.265. The quantitative estimate of drug-likeness (QED) is 0.830. The smallest absolute Gasteiger partial charge is 0.134 e. The lowest BCUT2D eigenvalue weighted by atomic mass is 9.88. The average molecular weight is 219 g/mol. The van der Waals surface area contributed by atoms with Crippen LogP contribution < -0.4 is 5.73 Å². The van der Waals surface area contributed by atoms with Gasteiger partial charge in [-0.25, -0.2) is 0 Å². The van der Waals surface area contributed by atoms with Gasteiger partial charge < -0.3 is 15.3 Å². The first-order valence-electron chi connectivity index (χ1n) is 5.51. The summed E-state index contributed by atoms with van der Waals surface area (Å²) in [6, 6.07) is 7.86. The second kappa shape index (κ2) is 4.28. The number of nitrogens with two attached hydrogens (primary N) is 1. The van der Waals surface area contributed by atoms with Crippen LogP contribution in [0.1, 0.15) is 25.3 Å². The fraction of sp³-hybridized carbons (Fsp3) is 0.385. The Labute approximate surface area is 94.9 Å². The number of hydrogen-bond donors (Lipinski definition) is 2. The van der Waals surface area contributed by atoms with Crippen LogP contribution in [-0.2, 0) is 5.54 Å². The fourth-order valence-electron chi connectivity index (χ4n) is 2.00. The van der Waals surface area contributed by atoms with E-state index >= 15 is 0 Å². The van der Waals surface area contributed by atoms with Crippen LogP contribution in [0.3, 0.4) is 0 Å². The van der Waals surface area contributed by atoms with Crippen molar-refractivity contribution in [3.8, 4) is 0 Å². The fourth-order valence-corrected chi connectivity index (χ4v) is 2.00. The van der Waals surface area contributed by atoms with E-state index in [1.165, 1.54) is 0 Å². The molecule has 0 fully saturated rings. The summed E-state index contributed by atoms with van der Waals surface area (Å²) < 4.78 is 5.47. The molecule has 2 rings (SSSR count). The van der Waals surface area contributed by atoms with Gasteiger partial charge in [0, 0.05) is 23.1 Å². The Hall–Kier alpha value is -1.32. The Morgan fingerprint density at radius 2 is 2.12 bits per heavy atom. The van der Waals surface area contributed by atoms with Crippen molar-refractivity contribution in [1.82, 2.24) is 0 Å². The number of fused-ring (bicyclic) bond motifs is 1. The van der Waals surface area contributed by atoms with Crippen molar-refractivity contribution in [3.05, 3.63) is 36.1 Å². The molecule has 1 atom stereocenters. The maximum atomic E-state index is 8.86. The van der Waals surface area contributed by atoms with E-state index in [1.807, 2.05) is 31.2 Å². The molecule has 1 heterocycles. The molecular formula is C13H17NO2. The highest BCUT2D eigenvalue weighted by Gasteiger charge is 2.24. The van der Waals surface area contributed by atoms with Crippen LogP contribution in [0.4, 0.5) is 0 Å². The number of benzene rings is 1. The van der Waals surface area contributed by atoms with Gasteiger partial charge in [-0.1, -0.05) is 18.2 Å². The molecule has 1 aromatic carbocycles. The van der Waals surface area contributed by atoms with Crippen LogP contribution in [0.2, 0.25) is 0 Å². The highest BCUT2D eigenvalue weighted by atomic mass is 16.3. The van der Waals surface area contributed by atoms with Gasteiger partial charge in [0.1, 0.15) is 5.58 Å². The number of hydrogen-bond acceptors (Lipinski definition) is 3. The van der Waals surface area contributed by atoms with Gasteiger partial charge in [0.25, 0.3) is 0 Å². The first-order chi connectivity index (χ1) is 7.65. The molecule has 0 spiro atoms. The molecule has 0 radical (unpaired) electrons. The van der Waals surface area contributed by atoms with Crippen molar-refractivity contribution < 1.29 is 9.52 Å². The minimum Gasteiger partial charge on any atom is -0.464 e. The summed E-state index contributed by atoms with van der Waals surface area (Å²) in [7, 11) is 0. The van der Waals surface area contributed by atoms with Crippen molar-refractivity contribution >= 4 is 11.0 Å². The predicted molar refractivity (Wildman–Crippen MR) is 64.1 cm³/mol. The van der Waals surface area contributed by atoms with Gasteiger partial charge in [0.05, 0.1) is 6.26 Å². The largest absolute Gasteiger partial charge is 0.464 e. The van der Waals surface area contributed by atoms with Crippen molar-refractivity contribution in [2.24, 2.45) is 5.73 Å². The first-order valence-corrected chi connectivity index (χ1v) is 5.51. The molecule has 0 saturated carbocycles. The van der Waals surface area contributed by atoms with Gasteiger partial charge in [0.15, 0.2) is 0 Å². The normalized spacial score (nSPS) is 15.2. The predicted octanol–water partition coefficient (Wildman–Crippen LogP) is 2.38. The Morgan fingerprint density at radius 3 is 2.88 bits per heavy atom. The zero-order chi connectivity index (χ0) is 11.6. The van der Waals surface area contributed by atoms with Crippen LogP contribution in [0.5, 0.6) is 0 Å². The van der Waals surface area contributed by atoms with E-state index in [0.717, 1.165) is 23.0 Å². The van der Waals surface area contributed by atoms with Gasteiger partial charge in [-0.3, -0.25) is 0 Å². The molecule has 16 heavy (non-hydrogen) atoms. The van der Waals surface area contributed by atoms with Crippen LogP contribution in [-0.4, -0.2) is 11.7 Å². The molecule has 0 saturated heterocycles. The van der Waals surface area contributed by atoms with Crippen LogP contribution in [0, 0.1) is 0 Å².